The van der Waals surface area contributed by atoms with Crippen LogP contribution in [0.2, 0.25) is 0 Å². The van der Waals surface area contributed by atoms with Gasteiger partial charge in [0.15, 0.2) is 0 Å². The quantitative estimate of drug-likeness (QED) is 0.823. The summed E-state index contributed by atoms with van der Waals surface area (Å²) in [6.45, 7) is 0. The van der Waals surface area contributed by atoms with E-state index in [0.717, 1.165) is 50.0 Å². The number of benzene rings is 2. The molecule has 1 N–H and O–H groups in total. The fourth-order valence-corrected chi connectivity index (χ4v) is 4.98. The predicted molar refractivity (Wildman–Crippen MR) is 109 cm³/mol. The van der Waals surface area contributed by atoms with Crippen LogP contribution in [0.1, 0.15) is 49.3 Å². The molecule has 1 heterocycles. The minimum Gasteiger partial charge on any atom is -0.490 e. The zero-order valence-electron chi connectivity index (χ0n) is 16.1. The van der Waals surface area contributed by atoms with Crippen LogP contribution in [0.5, 0.6) is 11.5 Å². The van der Waals surface area contributed by atoms with E-state index in [1.165, 1.54) is 17.4 Å². The SMILES string of the molecule is CS(=O)(=O)N[C@H]1CC[C@H](Oc2ccc3c(c2)CCC(c2ccccc2)O3)CC1. The fourth-order valence-electron chi connectivity index (χ4n) is 4.13. The van der Waals surface area contributed by atoms with Crippen LogP contribution >= 0.6 is 0 Å². The van der Waals surface area contributed by atoms with Crippen LogP contribution in [0, 0.1) is 0 Å². The average molecular weight is 402 g/mol. The lowest BCUT2D eigenvalue weighted by Crippen LogP contribution is -2.39. The summed E-state index contributed by atoms with van der Waals surface area (Å²) in [5.41, 5.74) is 2.41. The lowest BCUT2D eigenvalue weighted by Gasteiger charge is -2.30. The highest BCUT2D eigenvalue weighted by atomic mass is 32.2. The van der Waals surface area contributed by atoms with Gasteiger partial charge in [-0.2, -0.15) is 0 Å². The molecule has 1 atom stereocenters. The molecule has 2 aromatic carbocycles. The van der Waals surface area contributed by atoms with Crippen molar-refractivity contribution in [3.63, 3.8) is 0 Å². The first-order valence-corrected chi connectivity index (χ1v) is 11.8. The molecule has 150 valence electrons. The van der Waals surface area contributed by atoms with E-state index in [9.17, 15) is 8.42 Å². The van der Waals surface area contributed by atoms with Gasteiger partial charge in [-0.15, -0.1) is 0 Å². The monoisotopic (exact) mass is 401 g/mol. The van der Waals surface area contributed by atoms with Gasteiger partial charge in [-0.1, -0.05) is 30.3 Å². The Hall–Kier alpha value is -2.05. The fraction of sp³-hybridized carbons (Fsp3) is 0.455. The topological polar surface area (TPSA) is 64.6 Å². The smallest absolute Gasteiger partial charge is 0.208 e. The zero-order valence-corrected chi connectivity index (χ0v) is 17.0. The molecule has 28 heavy (non-hydrogen) atoms. The number of hydrogen-bond acceptors (Lipinski definition) is 4. The van der Waals surface area contributed by atoms with Crippen LogP contribution in [0.25, 0.3) is 0 Å². The largest absolute Gasteiger partial charge is 0.490 e. The molecule has 1 aliphatic carbocycles. The Labute approximate surface area is 167 Å². The summed E-state index contributed by atoms with van der Waals surface area (Å²) >= 11 is 0. The molecule has 5 nitrogen and oxygen atoms in total. The lowest BCUT2D eigenvalue weighted by atomic mass is 9.93. The Balaban J connectivity index is 1.34. The Kier molecular flexibility index (Phi) is 5.60. The van der Waals surface area contributed by atoms with Gasteiger partial charge in [-0.05, 0) is 67.9 Å². The average Bonchev–Trinajstić information content (AvgIpc) is 2.69. The second-order valence-electron chi connectivity index (χ2n) is 7.81. The van der Waals surface area contributed by atoms with E-state index in [2.05, 4.69) is 22.9 Å². The third-order valence-corrected chi connectivity index (χ3v) is 6.27. The van der Waals surface area contributed by atoms with Crippen molar-refractivity contribution in [3.8, 4) is 11.5 Å². The van der Waals surface area contributed by atoms with Crippen molar-refractivity contribution in [2.24, 2.45) is 0 Å². The molecular weight excluding hydrogens is 374 g/mol. The molecule has 1 fully saturated rings. The molecule has 0 aromatic heterocycles. The van der Waals surface area contributed by atoms with Gasteiger partial charge in [-0.3, -0.25) is 0 Å². The van der Waals surface area contributed by atoms with Gasteiger partial charge in [0.25, 0.3) is 0 Å². The second-order valence-corrected chi connectivity index (χ2v) is 9.59. The van der Waals surface area contributed by atoms with Crippen molar-refractivity contribution in [2.75, 3.05) is 6.26 Å². The molecule has 0 bridgehead atoms. The van der Waals surface area contributed by atoms with Gasteiger partial charge < -0.3 is 9.47 Å². The van der Waals surface area contributed by atoms with Gasteiger partial charge in [0.05, 0.1) is 12.4 Å². The minimum atomic E-state index is -3.14. The molecule has 4 rings (SSSR count). The highest BCUT2D eigenvalue weighted by Gasteiger charge is 2.25. The van der Waals surface area contributed by atoms with Gasteiger partial charge in [0.1, 0.15) is 17.6 Å². The van der Waals surface area contributed by atoms with Gasteiger partial charge >= 0.3 is 0 Å². The van der Waals surface area contributed by atoms with E-state index < -0.39 is 10.0 Å². The number of fused-ring (bicyclic) bond motifs is 1. The Morgan fingerprint density at radius 3 is 2.46 bits per heavy atom. The first-order valence-electron chi connectivity index (χ1n) is 9.95. The molecular formula is C22H27NO4S. The first kappa shape index (κ1) is 19.3. The van der Waals surface area contributed by atoms with Gasteiger partial charge in [-0.25, -0.2) is 13.1 Å². The number of hydrogen-bond donors (Lipinski definition) is 1. The van der Waals surface area contributed by atoms with E-state index in [-0.39, 0.29) is 18.2 Å². The summed E-state index contributed by atoms with van der Waals surface area (Å²) in [6, 6.07) is 16.5. The number of ether oxygens (including phenoxy) is 2. The summed E-state index contributed by atoms with van der Waals surface area (Å²) < 4.78 is 37.8. The Morgan fingerprint density at radius 1 is 1.00 bits per heavy atom. The molecule has 0 spiro atoms. The van der Waals surface area contributed by atoms with Crippen molar-refractivity contribution in [2.45, 2.75) is 56.8 Å². The van der Waals surface area contributed by atoms with Crippen LogP contribution in [0.15, 0.2) is 48.5 Å². The molecule has 1 unspecified atom stereocenters. The Bertz CT molecular complexity index is 905. The molecule has 2 aromatic rings. The first-order chi connectivity index (χ1) is 13.5. The van der Waals surface area contributed by atoms with Crippen LogP contribution in [0.3, 0.4) is 0 Å². The highest BCUT2D eigenvalue weighted by molar-refractivity contribution is 7.88. The second kappa shape index (κ2) is 8.13. The molecule has 0 saturated heterocycles. The highest BCUT2D eigenvalue weighted by Crippen LogP contribution is 2.37. The van der Waals surface area contributed by atoms with Gasteiger partial charge in [0, 0.05) is 6.04 Å². The summed E-state index contributed by atoms with van der Waals surface area (Å²) in [5.74, 6) is 1.81. The summed E-state index contributed by atoms with van der Waals surface area (Å²) in [6.07, 6.45) is 6.73. The number of rotatable bonds is 5. The van der Waals surface area contributed by atoms with Crippen molar-refractivity contribution in [3.05, 3.63) is 59.7 Å². The van der Waals surface area contributed by atoms with Crippen LogP contribution in [0.4, 0.5) is 0 Å². The third-order valence-electron chi connectivity index (χ3n) is 5.51. The van der Waals surface area contributed by atoms with Crippen LogP contribution in [-0.2, 0) is 16.4 Å². The number of aryl methyl sites for hydroxylation is 1. The minimum absolute atomic E-state index is 0.0294. The molecule has 0 amide bonds. The number of sulfonamides is 1. The van der Waals surface area contributed by atoms with E-state index in [1.54, 1.807) is 0 Å². The van der Waals surface area contributed by atoms with Crippen LogP contribution in [-0.4, -0.2) is 26.8 Å². The summed E-state index contributed by atoms with van der Waals surface area (Å²) in [4.78, 5) is 0. The van der Waals surface area contributed by atoms with E-state index >= 15 is 0 Å². The number of nitrogens with one attached hydrogen (secondary N) is 1. The zero-order chi connectivity index (χ0) is 19.6. The third kappa shape index (κ3) is 4.86. The molecule has 1 aliphatic heterocycles. The molecule has 6 heteroatoms. The Morgan fingerprint density at radius 2 is 1.75 bits per heavy atom. The van der Waals surface area contributed by atoms with Crippen molar-refractivity contribution < 1.29 is 17.9 Å². The predicted octanol–water partition coefficient (Wildman–Crippen LogP) is 3.99. The molecule has 2 aliphatic rings. The maximum Gasteiger partial charge on any atom is 0.208 e. The molecule has 0 radical (unpaired) electrons. The van der Waals surface area contributed by atoms with Crippen molar-refractivity contribution in [1.82, 2.24) is 4.72 Å². The van der Waals surface area contributed by atoms with E-state index in [4.69, 9.17) is 9.47 Å². The lowest BCUT2D eigenvalue weighted by molar-refractivity contribution is 0.142. The standard InChI is InChI=1S/C22H27NO4S/c1-28(24,25)23-18-8-10-19(11-9-18)26-20-12-14-22-17(15-20)7-13-21(27-22)16-5-3-2-4-6-16/h2-6,12,14-15,18-19,21,23H,7-11,13H2,1H3/t18-,19-,21?. The van der Waals surface area contributed by atoms with E-state index in [0.29, 0.717) is 0 Å². The van der Waals surface area contributed by atoms with Gasteiger partial charge in [0.2, 0.25) is 10.0 Å². The maximum absolute atomic E-state index is 11.4. The normalized spacial score (nSPS) is 24.8. The maximum atomic E-state index is 11.4. The summed E-state index contributed by atoms with van der Waals surface area (Å²) in [5, 5.41) is 0. The molecule has 1 saturated carbocycles. The van der Waals surface area contributed by atoms with Crippen LogP contribution < -0.4 is 14.2 Å². The van der Waals surface area contributed by atoms with Crippen molar-refractivity contribution >= 4 is 10.0 Å². The summed E-state index contributed by atoms with van der Waals surface area (Å²) in [7, 11) is -3.14. The van der Waals surface area contributed by atoms with Crippen molar-refractivity contribution in [1.29, 1.82) is 0 Å². The van der Waals surface area contributed by atoms with E-state index in [1.807, 2.05) is 30.3 Å².